The third kappa shape index (κ3) is 3.97. The van der Waals surface area contributed by atoms with Gasteiger partial charge in [-0.3, -0.25) is 9.78 Å². The highest BCUT2D eigenvalue weighted by molar-refractivity contribution is 5.98. The van der Waals surface area contributed by atoms with Gasteiger partial charge in [0.1, 0.15) is 11.4 Å². The summed E-state index contributed by atoms with van der Waals surface area (Å²) < 4.78 is 0. The fourth-order valence-electron chi connectivity index (χ4n) is 3.57. The van der Waals surface area contributed by atoms with Crippen molar-refractivity contribution < 1.29 is 4.79 Å². The molecule has 8 nitrogen and oxygen atoms in total. The number of rotatable bonds is 7. The molecule has 0 spiro atoms. The number of fused-ring (bicyclic) bond motifs is 1. The number of nitrogens with one attached hydrogen (secondary N) is 2. The van der Waals surface area contributed by atoms with Crippen molar-refractivity contribution in [1.29, 1.82) is 0 Å². The first-order chi connectivity index (χ1) is 13.9. The van der Waals surface area contributed by atoms with Crippen LogP contribution in [0.4, 0.5) is 17.5 Å². The summed E-state index contributed by atoms with van der Waals surface area (Å²) in [5, 5.41) is 7.48. The van der Waals surface area contributed by atoms with Gasteiger partial charge in [0.15, 0.2) is 0 Å². The van der Waals surface area contributed by atoms with Crippen molar-refractivity contribution in [2.75, 3.05) is 10.6 Å². The molecule has 150 valence electrons. The van der Waals surface area contributed by atoms with E-state index in [0.717, 1.165) is 23.7 Å². The average Bonchev–Trinajstić information content (AvgIpc) is 3.44. The molecule has 1 aromatic carbocycles. The summed E-state index contributed by atoms with van der Waals surface area (Å²) in [4.78, 5) is 25.1. The van der Waals surface area contributed by atoms with E-state index in [0.29, 0.717) is 23.4 Å². The molecule has 6 N–H and O–H groups in total. The van der Waals surface area contributed by atoms with Crippen molar-refractivity contribution in [3.63, 3.8) is 0 Å². The van der Waals surface area contributed by atoms with Crippen molar-refractivity contribution in [3.8, 4) is 0 Å². The number of carbonyl (C=O) groups excluding carboxylic acids is 1. The molecule has 1 fully saturated rings. The predicted octanol–water partition coefficient (Wildman–Crippen LogP) is 2.80. The zero-order valence-corrected chi connectivity index (χ0v) is 16.5. The second-order valence-corrected chi connectivity index (χ2v) is 7.96. The van der Waals surface area contributed by atoms with Crippen LogP contribution < -0.4 is 22.1 Å². The summed E-state index contributed by atoms with van der Waals surface area (Å²) in [6, 6.07) is 9.77. The number of pyridine rings is 1. The first-order valence-corrected chi connectivity index (χ1v) is 9.70. The molecule has 2 heterocycles. The SMILES string of the molecule is CC(C)[C@@H](Nc1ncc(C(N)=O)c(Nc2cnc3ccccc3c2)n1)C1(N)CC1. The minimum absolute atomic E-state index is 0.0390. The number of amides is 1. The Morgan fingerprint density at radius 3 is 2.62 bits per heavy atom. The number of benzene rings is 1. The summed E-state index contributed by atoms with van der Waals surface area (Å²) in [7, 11) is 0. The fraction of sp³-hybridized carbons (Fsp3) is 0.333. The van der Waals surface area contributed by atoms with Gasteiger partial charge in [0.05, 0.1) is 17.4 Å². The van der Waals surface area contributed by atoms with Gasteiger partial charge in [0.25, 0.3) is 5.91 Å². The molecule has 0 aliphatic heterocycles. The molecule has 1 aliphatic carbocycles. The van der Waals surface area contributed by atoms with E-state index in [4.69, 9.17) is 11.5 Å². The molecule has 0 bridgehead atoms. The summed E-state index contributed by atoms with van der Waals surface area (Å²) >= 11 is 0. The Kier molecular flexibility index (Phi) is 4.79. The Hall–Kier alpha value is -3.26. The quantitative estimate of drug-likeness (QED) is 0.487. The highest BCUT2D eigenvalue weighted by atomic mass is 16.1. The Balaban J connectivity index is 1.65. The summed E-state index contributed by atoms with van der Waals surface area (Å²) in [6.07, 6.45) is 5.06. The first kappa shape index (κ1) is 19.1. The lowest BCUT2D eigenvalue weighted by Gasteiger charge is -2.28. The zero-order valence-electron chi connectivity index (χ0n) is 16.5. The molecule has 1 saturated carbocycles. The van der Waals surface area contributed by atoms with Crippen LogP contribution in [0.25, 0.3) is 10.9 Å². The standard InChI is InChI=1S/C21H25N7O/c1-12(2)17(21(23)7-8-21)27-20-25-11-15(18(22)29)19(28-20)26-14-9-13-5-3-4-6-16(13)24-10-14/h3-6,9-12,17H,7-8,23H2,1-2H3,(H2,22,29)(H2,25,26,27,28)/t17-/m1/s1. The molecule has 8 heteroatoms. The van der Waals surface area contributed by atoms with Crippen LogP contribution >= 0.6 is 0 Å². The minimum atomic E-state index is -0.606. The molecule has 0 saturated heterocycles. The van der Waals surface area contributed by atoms with E-state index in [1.165, 1.54) is 6.20 Å². The topological polar surface area (TPSA) is 132 Å². The van der Waals surface area contributed by atoms with Crippen molar-refractivity contribution in [3.05, 3.63) is 48.3 Å². The van der Waals surface area contributed by atoms with Gasteiger partial charge in [-0.25, -0.2) is 4.98 Å². The van der Waals surface area contributed by atoms with Gasteiger partial charge in [-0.1, -0.05) is 32.0 Å². The smallest absolute Gasteiger partial charge is 0.254 e. The molecule has 29 heavy (non-hydrogen) atoms. The van der Waals surface area contributed by atoms with E-state index in [9.17, 15) is 4.79 Å². The maximum atomic E-state index is 11.9. The number of hydrogen-bond acceptors (Lipinski definition) is 7. The number of carbonyl (C=O) groups is 1. The van der Waals surface area contributed by atoms with Gasteiger partial charge in [-0.05, 0) is 30.9 Å². The Morgan fingerprint density at radius 2 is 1.93 bits per heavy atom. The van der Waals surface area contributed by atoms with Gasteiger partial charge in [-0.2, -0.15) is 4.98 Å². The van der Waals surface area contributed by atoms with E-state index in [1.807, 2.05) is 30.3 Å². The van der Waals surface area contributed by atoms with Gasteiger partial charge in [-0.15, -0.1) is 0 Å². The van der Waals surface area contributed by atoms with Crippen LogP contribution in [0.5, 0.6) is 0 Å². The average molecular weight is 391 g/mol. The molecular formula is C21H25N7O. The third-order valence-electron chi connectivity index (χ3n) is 5.31. The Bertz CT molecular complexity index is 1060. The van der Waals surface area contributed by atoms with E-state index in [2.05, 4.69) is 39.4 Å². The Labute approximate surface area is 169 Å². The predicted molar refractivity (Wildman–Crippen MR) is 114 cm³/mol. The molecule has 1 amide bonds. The van der Waals surface area contributed by atoms with Crippen LogP contribution in [0.2, 0.25) is 0 Å². The summed E-state index contributed by atoms with van der Waals surface area (Å²) in [5.41, 5.74) is 13.5. The van der Waals surface area contributed by atoms with Gasteiger partial charge in [0.2, 0.25) is 5.95 Å². The third-order valence-corrected chi connectivity index (χ3v) is 5.31. The van der Waals surface area contributed by atoms with Gasteiger partial charge >= 0.3 is 0 Å². The maximum absolute atomic E-state index is 11.9. The van der Waals surface area contributed by atoms with Crippen LogP contribution in [0, 0.1) is 5.92 Å². The van der Waals surface area contributed by atoms with Crippen LogP contribution in [-0.2, 0) is 0 Å². The largest absolute Gasteiger partial charge is 0.365 e. The summed E-state index contributed by atoms with van der Waals surface area (Å²) in [6.45, 7) is 4.23. The first-order valence-electron chi connectivity index (χ1n) is 9.70. The van der Waals surface area contributed by atoms with Crippen LogP contribution in [0.3, 0.4) is 0 Å². The van der Waals surface area contributed by atoms with Crippen LogP contribution in [-0.4, -0.2) is 32.4 Å². The number of hydrogen-bond donors (Lipinski definition) is 4. The maximum Gasteiger partial charge on any atom is 0.254 e. The lowest BCUT2D eigenvalue weighted by Crippen LogP contribution is -2.46. The van der Waals surface area contributed by atoms with Crippen molar-refractivity contribution in [2.24, 2.45) is 17.4 Å². The van der Waals surface area contributed by atoms with Crippen molar-refractivity contribution in [1.82, 2.24) is 15.0 Å². The second-order valence-electron chi connectivity index (χ2n) is 7.96. The van der Waals surface area contributed by atoms with E-state index < -0.39 is 5.91 Å². The highest BCUT2D eigenvalue weighted by Crippen LogP contribution is 2.39. The number of primary amides is 1. The number of para-hydroxylation sites is 1. The van der Waals surface area contributed by atoms with E-state index in [1.54, 1.807) is 6.20 Å². The number of nitrogens with zero attached hydrogens (tertiary/aromatic N) is 3. The van der Waals surface area contributed by atoms with Crippen molar-refractivity contribution >= 4 is 34.3 Å². The lowest BCUT2D eigenvalue weighted by atomic mass is 9.95. The van der Waals surface area contributed by atoms with Gasteiger partial charge in [0, 0.05) is 23.2 Å². The second kappa shape index (κ2) is 7.29. The molecule has 0 radical (unpaired) electrons. The van der Waals surface area contributed by atoms with E-state index >= 15 is 0 Å². The molecule has 4 rings (SSSR count). The molecule has 2 aromatic heterocycles. The van der Waals surface area contributed by atoms with Crippen LogP contribution in [0.15, 0.2) is 42.7 Å². The monoisotopic (exact) mass is 391 g/mol. The Morgan fingerprint density at radius 1 is 1.17 bits per heavy atom. The normalized spacial score (nSPS) is 15.9. The number of anilines is 3. The molecule has 1 atom stereocenters. The molecular weight excluding hydrogens is 366 g/mol. The minimum Gasteiger partial charge on any atom is -0.365 e. The molecule has 1 aliphatic rings. The van der Waals surface area contributed by atoms with Crippen LogP contribution in [0.1, 0.15) is 37.0 Å². The summed E-state index contributed by atoms with van der Waals surface area (Å²) in [5.74, 6) is 0.437. The van der Waals surface area contributed by atoms with Crippen molar-refractivity contribution in [2.45, 2.75) is 38.3 Å². The van der Waals surface area contributed by atoms with E-state index in [-0.39, 0.29) is 17.1 Å². The van der Waals surface area contributed by atoms with Gasteiger partial charge < -0.3 is 22.1 Å². The lowest BCUT2D eigenvalue weighted by molar-refractivity contribution is 0.100. The highest BCUT2D eigenvalue weighted by Gasteiger charge is 2.47. The molecule has 0 unspecified atom stereocenters. The number of aromatic nitrogens is 3. The molecule has 3 aromatic rings. The number of nitrogens with two attached hydrogens (primary N) is 2. The fourth-order valence-corrected chi connectivity index (χ4v) is 3.57. The zero-order chi connectivity index (χ0) is 20.6.